The van der Waals surface area contributed by atoms with Gasteiger partial charge in [-0.2, -0.15) is 0 Å². The molecule has 1 unspecified atom stereocenters. The van der Waals surface area contributed by atoms with Gasteiger partial charge in [-0.15, -0.1) is 0 Å². The molecular weight excluding hydrogens is 520 g/mol. The molecule has 1 aliphatic heterocycles. The number of halogens is 1. The maximum atomic E-state index is 13.2. The Morgan fingerprint density at radius 2 is 1.97 bits per heavy atom. The lowest BCUT2D eigenvalue weighted by Crippen LogP contribution is -2.29. The number of carbonyl (C=O) groups excluding carboxylic acids is 3. The van der Waals surface area contributed by atoms with E-state index in [0.29, 0.717) is 16.8 Å². The van der Waals surface area contributed by atoms with E-state index in [4.69, 9.17) is 4.74 Å². The Morgan fingerprint density at radius 1 is 1.24 bits per heavy atom. The summed E-state index contributed by atoms with van der Waals surface area (Å²) in [7, 11) is 0. The number of hydrogen-bond acceptors (Lipinski definition) is 7. The highest BCUT2D eigenvalue weighted by Gasteiger charge is 2.48. The molecule has 9 heteroatoms. The van der Waals surface area contributed by atoms with Crippen LogP contribution in [0.5, 0.6) is 0 Å². The Bertz CT molecular complexity index is 1330. The highest BCUT2D eigenvalue weighted by Crippen LogP contribution is 2.44. The molecule has 172 valence electrons. The van der Waals surface area contributed by atoms with Crippen LogP contribution in [0.15, 0.2) is 77.3 Å². The number of thiazole rings is 1. The minimum absolute atomic E-state index is 0.0329. The zero-order chi connectivity index (χ0) is 24.4. The van der Waals surface area contributed by atoms with Gasteiger partial charge in [0.25, 0.3) is 5.78 Å². The molecule has 1 aliphatic rings. The molecule has 1 amide bonds. The number of ether oxygens (including phenoxy) is 1. The number of nitrogens with zero attached hydrogens (tertiary/aromatic N) is 2. The number of anilines is 1. The highest BCUT2D eigenvalue weighted by atomic mass is 79.9. The number of ketones is 1. The van der Waals surface area contributed by atoms with Crippen molar-refractivity contribution in [3.63, 3.8) is 0 Å². The van der Waals surface area contributed by atoms with Crippen LogP contribution in [0.3, 0.4) is 0 Å². The third-order valence-corrected chi connectivity index (χ3v) is 6.80. The quantitative estimate of drug-likeness (QED) is 0.152. The number of aliphatic hydroxyl groups excluding tert-OH is 1. The molecule has 1 N–H and O–H groups in total. The second kappa shape index (κ2) is 9.74. The molecule has 4 rings (SSSR count). The van der Waals surface area contributed by atoms with E-state index in [1.807, 2.05) is 6.07 Å². The van der Waals surface area contributed by atoms with E-state index in [-0.39, 0.29) is 27.9 Å². The molecule has 3 aromatic rings. The molecule has 34 heavy (non-hydrogen) atoms. The number of carbonyl (C=O) groups is 3. The first-order chi connectivity index (χ1) is 16.3. The SMILES string of the molecule is C=CCOC(=O)c1sc(N2C(=O)C(=O)/C(=C(/O)c3ccccc3)C2c2cccc(Br)c2)nc1C. The number of Topliss-reactive ketones (excluding diaryl/α,β-unsaturated/α-hetero) is 1. The van der Waals surface area contributed by atoms with Gasteiger partial charge in [0.05, 0.1) is 17.3 Å². The number of aryl methyl sites for hydroxylation is 1. The Kier molecular flexibility index (Phi) is 6.76. The van der Waals surface area contributed by atoms with Crippen molar-refractivity contribution in [3.8, 4) is 0 Å². The topological polar surface area (TPSA) is 96.8 Å². The summed E-state index contributed by atoms with van der Waals surface area (Å²) in [5.74, 6) is -2.57. The molecule has 0 spiro atoms. The van der Waals surface area contributed by atoms with Gasteiger partial charge in [0.15, 0.2) is 5.13 Å². The summed E-state index contributed by atoms with van der Waals surface area (Å²) >= 11 is 4.38. The first-order valence-electron chi connectivity index (χ1n) is 10.2. The zero-order valence-corrected chi connectivity index (χ0v) is 20.4. The van der Waals surface area contributed by atoms with Crippen molar-refractivity contribution in [1.29, 1.82) is 0 Å². The molecule has 7 nitrogen and oxygen atoms in total. The van der Waals surface area contributed by atoms with E-state index in [1.54, 1.807) is 55.5 Å². The summed E-state index contributed by atoms with van der Waals surface area (Å²) in [4.78, 5) is 44.7. The van der Waals surface area contributed by atoms with Crippen LogP contribution in [-0.4, -0.2) is 34.4 Å². The van der Waals surface area contributed by atoms with Gasteiger partial charge in [-0.05, 0) is 24.6 Å². The Labute approximate surface area is 208 Å². The average molecular weight is 539 g/mol. The van der Waals surface area contributed by atoms with Crippen LogP contribution in [-0.2, 0) is 14.3 Å². The maximum Gasteiger partial charge on any atom is 0.350 e. The van der Waals surface area contributed by atoms with E-state index in [2.05, 4.69) is 27.5 Å². The normalized spacial score (nSPS) is 17.1. The molecule has 0 bridgehead atoms. The fourth-order valence-corrected chi connectivity index (χ4v) is 5.05. The van der Waals surface area contributed by atoms with Gasteiger partial charge < -0.3 is 9.84 Å². The predicted molar refractivity (Wildman–Crippen MR) is 133 cm³/mol. The summed E-state index contributed by atoms with van der Waals surface area (Å²) in [5.41, 5.74) is 1.31. The summed E-state index contributed by atoms with van der Waals surface area (Å²) in [6.45, 7) is 5.18. The van der Waals surface area contributed by atoms with Gasteiger partial charge >= 0.3 is 11.9 Å². The fourth-order valence-electron chi connectivity index (χ4n) is 3.65. The van der Waals surface area contributed by atoms with E-state index < -0.39 is 23.7 Å². The first kappa shape index (κ1) is 23.6. The molecule has 1 saturated heterocycles. The van der Waals surface area contributed by atoms with E-state index in [0.717, 1.165) is 15.8 Å². The maximum absolute atomic E-state index is 13.2. The van der Waals surface area contributed by atoms with Gasteiger partial charge in [0.1, 0.15) is 17.2 Å². The number of amides is 1. The van der Waals surface area contributed by atoms with Gasteiger partial charge in [0.2, 0.25) is 0 Å². The molecule has 0 saturated carbocycles. The van der Waals surface area contributed by atoms with Crippen LogP contribution in [0.1, 0.15) is 32.5 Å². The summed E-state index contributed by atoms with van der Waals surface area (Å²) in [6.07, 6.45) is 1.45. The third kappa shape index (κ3) is 4.32. The largest absolute Gasteiger partial charge is 0.507 e. The van der Waals surface area contributed by atoms with E-state index >= 15 is 0 Å². The number of esters is 1. The zero-order valence-electron chi connectivity index (χ0n) is 18.0. The second-order valence-corrected chi connectivity index (χ2v) is 9.28. The number of aromatic nitrogens is 1. The van der Waals surface area contributed by atoms with Crippen molar-refractivity contribution < 1.29 is 24.2 Å². The number of rotatable bonds is 6. The van der Waals surface area contributed by atoms with Crippen molar-refractivity contribution >= 4 is 55.8 Å². The highest BCUT2D eigenvalue weighted by molar-refractivity contribution is 9.10. The third-order valence-electron chi connectivity index (χ3n) is 5.17. The Morgan fingerprint density at radius 3 is 2.65 bits per heavy atom. The van der Waals surface area contributed by atoms with Gasteiger partial charge in [-0.1, -0.05) is 82.4 Å². The lowest BCUT2D eigenvalue weighted by molar-refractivity contribution is -0.132. The lowest BCUT2D eigenvalue weighted by Gasteiger charge is -2.23. The van der Waals surface area contributed by atoms with Crippen LogP contribution >= 0.6 is 27.3 Å². The fraction of sp³-hybridized carbons (Fsp3) is 0.120. The van der Waals surface area contributed by atoms with Crippen molar-refractivity contribution in [3.05, 3.63) is 99.0 Å². The standard InChI is InChI=1S/C25H19BrN2O5S/c1-3-12-33-24(32)22-14(2)27-25(34-22)28-19(16-10-7-11-17(26)13-16)18(21(30)23(28)31)20(29)15-8-5-4-6-9-15/h3-11,13,19,29H,1,12H2,2H3/b20-18+. The number of aliphatic hydroxyl groups is 1. The van der Waals surface area contributed by atoms with Gasteiger partial charge in [-0.3, -0.25) is 14.5 Å². The molecule has 2 aromatic carbocycles. The van der Waals surface area contributed by atoms with Crippen molar-refractivity contribution in [2.45, 2.75) is 13.0 Å². The summed E-state index contributed by atoms with van der Waals surface area (Å²) in [6, 6.07) is 14.7. The first-order valence-corrected chi connectivity index (χ1v) is 11.8. The minimum Gasteiger partial charge on any atom is -0.507 e. The van der Waals surface area contributed by atoms with Crippen molar-refractivity contribution in [2.75, 3.05) is 11.5 Å². The molecule has 2 heterocycles. The summed E-state index contributed by atoms with van der Waals surface area (Å²) < 4.78 is 5.85. The van der Waals surface area contributed by atoms with E-state index in [9.17, 15) is 19.5 Å². The van der Waals surface area contributed by atoms with E-state index in [1.165, 1.54) is 11.0 Å². The molecule has 1 fully saturated rings. The Hall–Kier alpha value is -3.56. The monoisotopic (exact) mass is 538 g/mol. The van der Waals surface area contributed by atoms with Crippen molar-refractivity contribution in [1.82, 2.24) is 4.98 Å². The number of benzene rings is 2. The lowest BCUT2D eigenvalue weighted by atomic mass is 9.95. The number of hydrogen-bond donors (Lipinski definition) is 1. The Balaban J connectivity index is 1.89. The smallest absolute Gasteiger partial charge is 0.350 e. The van der Waals surface area contributed by atoms with Crippen LogP contribution < -0.4 is 4.90 Å². The van der Waals surface area contributed by atoms with Crippen LogP contribution in [0, 0.1) is 6.92 Å². The van der Waals surface area contributed by atoms with Crippen molar-refractivity contribution in [2.24, 2.45) is 0 Å². The molecule has 1 atom stereocenters. The van der Waals surface area contributed by atoms with Crippen LogP contribution in [0.4, 0.5) is 5.13 Å². The molecule has 1 aromatic heterocycles. The average Bonchev–Trinajstić information content (AvgIpc) is 3.34. The second-order valence-electron chi connectivity index (χ2n) is 7.39. The predicted octanol–water partition coefficient (Wildman–Crippen LogP) is 5.18. The van der Waals surface area contributed by atoms with Gasteiger partial charge in [0, 0.05) is 10.0 Å². The molecule has 0 aliphatic carbocycles. The molecule has 0 radical (unpaired) electrons. The minimum atomic E-state index is -0.944. The van der Waals surface area contributed by atoms with Gasteiger partial charge in [-0.25, -0.2) is 9.78 Å². The summed E-state index contributed by atoms with van der Waals surface area (Å²) in [5, 5.41) is 11.2. The molecular formula is C25H19BrN2O5S. The van der Waals surface area contributed by atoms with Crippen LogP contribution in [0.2, 0.25) is 0 Å². The van der Waals surface area contributed by atoms with Crippen LogP contribution in [0.25, 0.3) is 5.76 Å².